The van der Waals surface area contributed by atoms with Gasteiger partial charge >= 0.3 is 0 Å². The standard InChI is InChI=1S/C11H6Cl2F2N2O/c12-5-1-2-6(13)9(3-5)18-11-8(15)4-7(14)10(16)17-11/h1-4H,(H2,16,17). The third kappa shape index (κ3) is 2.63. The lowest BCUT2D eigenvalue weighted by Crippen LogP contribution is -2.00. The summed E-state index contributed by atoms with van der Waals surface area (Å²) < 4.78 is 31.4. The van der Waals surface area contributed by atoms with Crippen LogP contribution in [0.2, 0.25) is 10.0 Å². The van der Waals surface area contributed by atoms with Crippen molar-refractivity contribution in [3.05, 3.63) is 45.9 Å². The lowest BCUT2D eigenvalue weighted by atomic mass is 10.3. The van der Waals surface area contributed by atoms with Gasteiger partial charge in [-0.1, -0.05) is 23.2 Å². The molecule has 0 aliphatic heterocycles. The van der Waals surface area contributed by atoms with E-state index >= 15 is 0 Å². The Morgan fingerprint density at radius 1 is 1.11 bits per heavy atom. The first kappa shape index (κ1) is 12.9. The average molecular weight is 291 g/mol. The van der Waals surface area contributed by atoms with Crippen molar-refractivity contribution in [2.45, 2.75) is 0 Å². The van der Waals surface area contributed by atoms with Crippen LogP contribution in [0.3, 0.4) is 0 Å². The Morgan fingerprint density at radius 2 is 1.83 bits per heavy atom. The van der Waals surface area contributed by atoms with Gasteiger partial charge in [-0.3, -0.25) is 0 Å². The monoisotopic (exact) mass is 290 g/mol. The first-order valence-corrected chi connectivity index (χ1v) is 5.47. The number of rotatable bonds is 2. The van der Waals surface area contributed by atoms with E-state index < -0.39 is 23.3 Å². The summed E-state index contributed by atoms with van der Waals surface area (Å²) >= 11 is 11.6. The van der Waals surface area contributed by atoms with E-state index in [1.807, 2.05) is 0 Å². The molecular formula is C11H6Cl2F2N2O. The highest BCUT2D eigenvalue weighted by molar-refractivity contribution is 6.34. The topological polar surface area (TPSA) is 48.1 Å². The molecule has 2 N–H and O–H groups in total. The van der Waals surface area contributed by atoms with Crippen LogP contribution in [0, 0.1) is 11.6 Å². The number of nitrogens with zero attached hydrogens (tertiary/aromatic N) is 1. The maximum atomic E-state index is 13.4. The lowest BCUT2D eigenvalue weighted by molar-refractivity contribution is 0.418. The number of nitrogen functional groups attached to an aromatic ring is 1. The number of aromatic nitrogens is 1. The smallest absolute Gasteiger partial charge is 0.258 e. The van der Waals surface area contributed by atoms with Crippen LogP contribution >= 0.6 is 23.2 Å². The second kappa shape index (κ2) is 4.96. The molecule has 1 heterocycles. The molecule has 0 radical (unpaired) electrons. The van der Waals surface area contributed by atoms with Gasteiger partial charge in [-0.15, -0.1) is 0 Å². The number of halogens is 4. The zero-order valence-electron chi connectivity index (χ0n) is 8.75. The molecule has 1 aromatic carbocycles. The van der Waals surface area contributed by atoms with Gasteiger partial charge in [0.25, 0.3) is 5.88 Å². The molecule has 0 atom stereocenters. The summed E-state index contributed by atoms with van der Waals surface area (Å²) in [6.45, 7) is 0. The SMILES string of the molecule is Nc1nc(Oc2cc(Cl)ccc2Cl)c(F)cc1F. The van der Waals surface area contributed by atoms with Crippen molar-refractivity contribution < 1.29 is 13.5 Å². The van der Waals surface area contributed by atoms with E-state index in [4.69, 9.17) is 33.7 Å². The number of benzene rings is 1. The van der Waals surface area contributed by atoms with Gasteiger partial charge in [0.2, 0.25) is 0 Å². The predicted molar refractivity (Wildman–Crippen MR) is 65.1 cm³/mol. The highest BCUT2D eigenvalue weighted by Gasteiger charge is 2.13. The second-order valence-electron chi connectivity index (χ2n) is 3.32. The van der Waals surface area contributed by atoms with Crippen LogP contribution in [-0.4, -0.2) is 4.98 Å². The van der Waals surface area contributed by atoms with Crippen molar-refractivity contribution in [1.82, 2.24) is 4.98 Å². The van der Waals surface area contributed by atoms with Crippen LogP contribution < -0.4 is 10.5 Å². The van der Waals surface area contributed by atoms with Gasteiger partial charge in [0, 0.05) is 17.2 Å². The van der Waals surface area contributed by atoms with Gasteiger partial charge in [0.1, 0.15) is 5.75 Å². The number of hydrogen-bond donors (Lipinski definition) is 1. The Hall–Kier alpha value is -1.59. The first-order valence-electron chi connectivity index (χ1n) is 4.72. The minimum atomic E-state index is -0.988. The van der Waals surface area contributed by atoms with E-state index in [0.717, 1.165) is 0 Å². The molecule has 0 saturated heterocycles. The van der Waals surface area contributed by atoms with E-state index in [2.05, 4.69) is 4.98 Å². The van der Waals surface area contributed by atoms with Gasteiger partial charge < -0.3 is 10.5 Å². The third-order valence-corrected chi connectivity index (χ3v) is 2.57. The van der Waals surface area contributed by atoms with Crippen molar-refractivity contribution in [3.63, 3.8) is 0 Å². The van der Waals surface area contributed by atoms with E-state index in [1.165, 1.54) is 12.1 Å². The van der Waals surface area contributed by atoms with E-state index in [-0.39, 0.29) is 10.8 Å². The normalized spacial score (nSPS) is 10.4. The van der Waals surface area contributed by atoms with Crippen LogP contribution in [0.25, 0.3) is 0 Å². The molecule has 0 bridgehead atoms. The van der Waals surface area contributed by atoms with Crippen molar-refractivity contribution >= 4 is 29.0 Å². The fraction of sp³-hybridized carbons (Fsp3) is 0. The summed E-state index contributed by atoms with van der Waals surface area (Å²) in [4.78, 5) is 3.44. The Labute approximate surface area is 111 Å². The molecule has 0 aliphatic rings. The Balaban J connectivity index is 2.40. The average Bonchev–Trinajstić information content (AvgIpc) is 2.30. The Kier molecular flexibility index (Phi) is 3.54. The predicted octanol–water partition coefficient (Wildman–Crippen LogP) is 4.04. The van der Waals surface area contributed by atoms with Gasteiger partial charge in [-0.05, 0) is 12.1 Å². The maximum Gasteiger partial charge on any atom is 0.258 e. The van der Waals surface area contributed by atoms with Gasteiger partial charge in [0.05, 0.1) is 5.02 Å². The van der Waals surface area contributed by atoms with Crippen molar-refractivity contribution in [3.8, 4) is 11.6 Å². The summed E-state index contributed by atoms with van der Waals surface area (Å²) in [5.74, 6) is -2.79. The van der Waals surface area contributed by atoms with E-state index in [9.17, 15) is 8.78 Å². The molecule has 0 spiro atoms. The molecule has 1 aromatic heterocycles. The van der Waals surface area contributed by atoms with Gasteiger partial charge in [0.15, 0.2) is 17.5 Å². The number of pyridine rings is 1. The Bertz CT molecular complexity index is 608. The van der Waals surface area contributed by atoms with Crippen LogP contribution in [0.4, 0.5) is 14.6 Å². The summed E-state index contributed by atoms with van der Waals surface area (Å²) in [6.07, 6.45) is 0. The zero-order valence-corrected chi connectivity index (χ0v) is 10.3. The van der Waals surface area contributed by atoms with Crippen molar-refractivity contribution in [1.29, 1.82) is 0 Å². The molecule has 3 nitrogen and oxygen atoms in total. The molecule has 0 amide bonds. The maximum absolute atomic E-state index is 13.4. The quantitative estimate of drug-likeness (QED) is 0.908. The minimum absolute atomic E-state index is 0.0987. The van der Waals surface area contributed by atoms with E-state index in [1.54, 1.807) is 6.07 Å². The lowest BCUT2D eigenvalue weighted by Gasteiger charge is -2.08. The number of hydrogen-bond acceptors (Lipinski definition) is 3. The first-order chi connectivity index (χ1) is 8.47. The molecule has 18 heavy (non-hydrogen) atoms. The largest absolute Gasteiger partial charge is 0.435 e. The summed E-state index contributed by atoms with van der Waals surface area (Å²) in [6, 6.07) is 4.98. The molecule has 2 rings (SSSR count). The highest BCUT2D eigenvalue weighted by Crippen LogP contribution is 2.32. The molecule has 94 valence electrons. The fourth-order valence-corrected chi connectivity index (χ4v) is 1.51. The van der Waals surface area contributed by atoms with Crippen LogP contribution in [0.5, 0.6) is 11.6 Å². The molecule has 0 aliphatic carbocycles. The number of ether oxygens (including phenoxy) is 1. The van der Waals surface area contributed by atoms with Gasteiger partial charge in [-0.2, -0.15) is 4.98 Å². The summed E-state index contributed by atoms with van der Waals surface area (Å²) in [7, 11) is 0. The van der Waals surface area contributed by atoms with Crippen molar-refractivity contribution in [2.24, 2.45) is 0 Å². The number of anilines is 1. The zero-order chi connectivity index (χ0) is 13.3. The van der Waals surface area contributed by atoms with Crippen LogP contribution in [0.15, 0.2) is 24.3 Å². The highest BCUT2D eigenvalue weighted by atomic mass is 35.5. The molecule has 0 unspecified atom stereocenters. The summed E-state index contributed by atoms with van der Waals surface area (Å²) in [5, 5.41) is 0.563. The third-order valence-electron chi connectivity index (χ3n) is 2.02. The molecule has 0 fully saturated rings. The van der Waals surface area contributed by atoms with E-state index in [0.29, 0.717) is 11.1 Å². The molecule has 7 heteroatoms. The minimum Gasteiger partial charge on any atom is -0.435 e. The Morgan fingerprint density at radius 3 is 2.56 bits per heavy atom. The molecule has 2 aromatic rings. The number of nitrogens with two attached hydrogens (primary N) is 1. The van der Waals surface area contributed by atoms with Crippen molar-refractivity contribution in [2.75, 3.05) is 5.73 Å². The molecule has 0 saturated carbocycles. The van der Waals surface area contributed by atoms with Gasteiger partial charge in [-0.25, -0.2) is 8.78 Å². The van der Waals surface area contributed by atoms with Crippen LogP contribution in [-0.2, 0) is 0 Å². The summed E-state index contributed by atoms with van der Waals surface area (Å²) in [5.41, 5.74) is 5.22. The fourth-order valence-electron chi connectivity index (χ4n) is 1.19. The second-order valence-corrected chi connectivity index (χ2v) is 4.16. The van der Waals surface area contributed by atoms with Crippen LogP contribution in [0.1, 0.15) is 0 Å². The molecular weight excluding hydrogens is 285 g/mol.